The zero-order valence-electron chi connectivity index (χ0n) is 13.9. The Kier molecular flexibility index (Phi) is 7.22. The highest BCUT2D eigenvalue weighted by Gasteiger charge is 2.13. The number of nitrogens with zero attached hydrogens (tertiary/aromatic N) is 1. The third-order valence-corrected chi connectivity index (χ3v) is 3.80. The Hall–Kier alpha value is -2.08. The SMILES string of the molecule is CN(C)CC(=O)Nc1ccc2c(c1)Nc1ccccc1CC2.Cl.O. The summed E-state index contributed by atoms with van der Waals surface area (Å²) in [6, 6.07) is 14.5. The molecule has 0 unspecified atom stereocenters. The van der Waals surface area contributed by atoms with E-state index >= 15 is 0 Å². The molecule has 4 N–H and O–H groups in total. The molecule has 24 heavy (non-hydrogen) atoms. The lowest BCUT2D eigenvalue weighted by Gasteiger charge is -2.13. The lowest BCUT2D eigenvalue weighted by atomic mass is 10.0. The van der Waals surface area contributed by atoms with Gasteiger partial charge in [-0.1, -0.05) is 24.3 Å². The molecule has 130 valence electrons. The molecule has 0 fully saturated rings. The van der Waals surface area contributed by atoms with Crippen LogP contribution in [0.2, 0.25) is 0 Å². The van der Waals surface area contributed by atoms with E-state index in [4.69, 9.17) is 0 Å². The first-order chi connectivity index (χ1) is 10.6. The smallest absolute Gasteiger partial charge is 0.238 e. The molecular weight excluding hydrogens is 326 g/mol. The van der Waals surface area contributed by atoms with Crippen LogP contribution in [0.15, 0.2) is 42.5 Å². The Morgan fingerprint density at radius 1 is 1.08 bits per heavy atom. The number of carbonyl (C=O) groups is 1. The Morgan fingerprint density at radius 2 is 1.75 bits per heavy atom. The van der Waals surface area contributed by atoms with Crippen LogP contribution in [0.3, 0.4) is 0 Å². The number of para-hydroxylation sites is 1. The Balaban J connectivity index is 0.00000144. The topological polar surface area (TPSA) is 75.9 Å². The number of anilines is 3. The standard InChI is InChI=1S/C18H21N3O.ClH.H2O/c1-21(2)12-18(22)19-15-10-9-14-8-7-13-5-3-4-6-16(13)20-17(14)11-15;;/h3-6,9-11,20H,7-8,12H2,1-2H3,(H,19,22);1H;1H2. The Labute approximate surface area is 148 Å². The van der Waals surface area contributed by atoms with Crippen molar-refractivity contribution < 1.29 is 10.3 Å². The van der Waals surface area contributed by atoms with Crippen molar-refractivity contribution in [1.29, 1.82) is 0 Å². The van der Waals surface area contributed by atoms with E-state index in [1.807, 2.05) is 37.2 Å². The lowest BCUT2D eigenvalue weighted by Crippen LogP contribution is -2.27. The van der Waals surface area contributed by atoms with Gasteiger partial charge in [-0.25, -0.2) is 0 Å². The van der Waals surface area contributed by atoms with Gasteiger partial charge in [-0.05, 0) is 56.3 Å². The first kappa shape index (κ1) is 20.0. The van der Waals surface area contributed by atoms with Crippen LogP contribution in [0.25, 0.3) is 0 Å². The molecule has 0 bridgehead atoms. The molecule has 0 atom stereocenters. The highest BCUT2D eigenvalue weighted by molar-refractivity contribution is 5.93. The van der Waals surface area contributed by atoms with Gasteiger partial charge in [-0.15, -0.1) is 12.4 Å². The fourth-order valence-electron chi connectivity index (χ4n) is 2.75. The number of likely N-dealkylation sites (N-methyl/N-ethyl adjacent to an activating group) is 1. The van der Waals surface area contributed by atoms with Crippen molar-refractivity contribution in [2.75, 3.05) is 31.3 Å². The molecular formula is C18H24ClN3O2. The van der Waals surface area contributed by atoms with Gasteiger partial charge in [0.05, 0.1) is 6.54 Å². The fourth-order valence-corrected chi connectivity index (χ4v) is 2.75. The molecule has 0 aromatic heterocycles. The summed E-state index contributed by atoms with van der Waals surface area (Å²) in [5, 5.41) is 6.44. The molecule has 0 spiro atoms. The molecule has 1 amide bonds. The molecule has 0 saturated carbocycles. The fraction of sp³-hybridized carbons (Fsp3) is 0.278. The van der Waals surface area contributed by atoms with Crippen LogP contribution < -0.4 is 10.6 Å². The minimum absolute atomic E-state index is 0. The molecule has 1 heterocycles. The summed E-state index contributed by atoms with van der Waals surface area (Å²) < 4.78 is 0. The van der Waals surface area contributed by atoms with Crippen LogP contribution >= 0.6 is 12.4 Å². The minimum atomic E-state index is -0.000952. The molecule has 1 aliphatic rings. The molecule has 3 rings (SSSR count). The van der Waals surface area contributed by atoms with Crippen molar-refractivity contribution in [2.24, 2.45) is 0 Å². The van der Waals surface area contributed by atoms with Crippen LogP contribution in [-0.2, 0) is 17.6 Å². The maximum Gasteiger partial charge on any atom is 0.238 e. The molecule has 0 saturated heterocycles. The van der Waals surface area contributed by atoms with Gasteiger partial charge in [0, 0.05) is 17.1 Å². The second kappa shape index (κ2) is 8.68. The molecule has 5 nitrogen and oxygen atoms in total. The van der Waals surface area contributed by atoms with Crippen molar-refractivity contribution in [3.8, 4) is 0 Å². The average Bonchev–Trinajstić information content (AvgIpc) is 2.64. The van der Waals surface area contributed by atoms with E-state index in [2.05, 4.69) is 34.9 Å². The number of carbonyl (C=O) groups excluding carboxylic acids is 1. The number of rotatable bonds is 3. The average molecular weight is 350 g/mol. The largest absolute Gasteiger partial charge is 0.412 e. The summed E-state index contributed by atoms with van der Waals surface area (Å²) in [6.07, 6.45) is 2.04. The second-order valence-electron chi connectivity index (χ2n) is 5.94. The van der Waals surface area contributed by atoms with Crippen LogP contribution in [0, 0.1) is 0 Å². The number of hydrogen-bond donors (Lipinski definition) is 2. The summed E-state index contributed by atoms with van der Waals surface area (Å²) in [5.41, 5.74) is 5.67. The van der Waals surface area contributed by atoms with Crippen molar-refractivity contribution in [3.63, 3.8) is 0 Å². The van der Waals surface area contributed by atoms with Gasteiger partial charge >= 0.3 is 0 Å². The number of nitrogens with one attached hydrogen (secondary N) is 2. The number of aryl methyl sites for hydroxylation is 2. The third-order valence-electron chi connectivity index (χ3n) is 3.80. The highest BCUT2D eigenvalue weighted by atomic mass is 35.5. The first-order valence-corrected chi connectivity index (χ1v) is 7.54. The zero-order chi connectivity index (χ0) is 15.5. The number of benzene rings is 2. The molecule has 1 aliphatic heterocycles. The Morgan fingerprint density at radius 3 is 2.46 bits per heavy atom. The lowest BCUT2D eigenvalue weighted by molar-refractivity contribution is -0.116. The van der Waals surface area contributed by atoms with E-state index in [1.54, 1.807) is 0 Å². The van der Waals surface area contributed by atoms with Gasteiger partial charge in [0.1, 0.15) is 0 Å². The quantitative estimate of drug-likeness (QED) is 0.894. The second-order valence-corrected chi connectivity index (χ2v) is 5.94. The number of amides is 1. The van der Waals surface area contributed by atoms with E-state index < -0.39 is 0 Å². The number of fused-ring (bicyclic) bond motifs is 2. The summed E-state index contributed by atoms with van der Waals surface area (Å²) in [5.74, 6) is -0.000952. The van der Waals surface area contributed by atoms with E-state index in [1.165, 1.54) is 11.1 Å². The molecule has 2 aromatic carbocycles. The summed E-state index contributed by atoms with van der Waals surface area (Å²) in [4.78, 5) is 13.7. The van der Waals surface area contributed by atoms with E-state index in [0.717, 1.165) is 29.9 Å². The van der Waals surface area contributed by atoms with Gasteiger partial charge in [-0.2, -0.15) is 0 Å². The summed E-state index contributed by atoms with van der Waals surface area (Å²) in [7, 11) is 3.77. The minimum Gasteiger partial charge on any atom is -0.412 e. The monoisotopic (exact) mass is 349 g/mol. The maximum atomic E-state index is 11.9. The van der Waals surface area contributed by atoms with E-state index in [-0.39, 0.29) is 23.8 Å². The molecule has 0 radical (unpaired) electrons. The van der Waals surface area contributed by atoms with Gasteiger partial charge in [0.2, 0.25) is 5.91 Å². The van der Waals surface area contributed by atoms with Crippen LogP contribution in [0.1, 0.15) is 11.1 Å². The van der Waals surface area contributed by atoms with E-state index in [9.17, 15) is 4.79 Å². The predicted molar refractivity (Wildman–Crippen MR) is 102 cm³/mol. The zero-order valence-corrected chi connectivity index (χ0v) is 14.7. The van der Waals surface area contributed by atoms with Gasteiger partial charge in [0.25, 0.3) is 0 Å². The Bertz CT molecular complexity index is 704. The van der Waals surface area contributed by atoms with Crippen molar-refractivity contribution in [3.05, 3.63) is 53.6 Å². The predicted octanol–water partition coefficient (Wildman–Crippen LogP) is 2.63. The number of halogens is 1. The highest BCUT2D eigenvalue weighted by Crippen LogP contribution is 2.31. The molecule has 6 heteroatoms. The van der Waals surface area contributed by atoms with Crippen molar-refractivity contribution in [1.82, 2.24) is 4.90 Å². The normalized spacial score (nSPS) is 11.8. The maximum absolute atomic E-state index is 11.9. The van der Waals surface area contributed by atoms with Gasteiger partial charge < -0.3 is 21.0 Å². The number of hydrogen-bond acceptors (Lipinski definition) is 3. The molecule has 0 aliphatic carbocycles. The van der Waals surface area contributed by atoms with Crippen molar-refractivity contribution in [2.45, 2.75) is 12.8 Å². The third kappa shape index (κ3) is 4.71. The van der Waals surface area contributed by atoms with Gasteiger partial charge in [-0.3, -0.25) is 4.79 Å². The summed E-state index contributed by atoms with van der Waals surface area (Å²) >= 11 is 0. The molecule has 2 aromatic rings. The van der Waals surface area contributed by atoms with Crippen LogP contribution in [0.5, 0.6) is 0 Å². The van der Waals surface area contributed by atoms with Gasteiger partial charge in [0.15, 0.2) is 0 Å². The van der Waals surface area contributed by atoms with Crippen LogP contribution in [-0.4, -0.2) is 36.9 Å². The summed E-state index contributed by atoms with van der Waals surface area (Å²) in [6.45, 7) is 0.382. The van der Waals surface area contributed by atoms with Crippen molar-refractivity contribution >= 4 is 35.4 Å². The van der Waals surface area contributed by atoms with E-state index in [0.29, 0.717) is 6.54 Å². The van der Waals surface area contributed by atoms with Crippen LogP contribution in [0.4, 0.5) is 17.1 Å². The first-order valence-electron chi connectivity index (χ1n) is 7.54.